The van der Waals surface area contributed by atoms with Crippen LogP contribution in [0.3, 0.4) is 0 Å². The number of aromatic nitrogens is 2. The lowest BCUT2D eigenvalue weighted by atomic mass is 9.82. The van der Waals surface area contributed by atoms with Crippen LogP contribution in [0, 0.1) is 0 Å². The van der Waals surface area contributed by atoms with Crippen LogP contribution in [0.25, 0.3) is 5.69 Å². The Morgan fingerprint density at radius 1 is 1.24 bits per heavy atom. The molecule has 1 atom stereocenters. The van der Waals surface area contributed by atoms with Crippen molar-refractivity contribution < 1.29 is 14.6 Å². The predicted molar refractivity (Wildman–Crippen MR) is 92.6 cm³/mol. The van der Waals surface area contributed by atoms with E-state index in [1.165, 1.54) is 0 Å². The molecule has 1 aromatic heterocycles. The highest BCUT2D eigenvalue weighted by molar-refractivity contribution is 5.94. The van der Waals surface area contributed by atoms with Gasteiger partial charge >= 0.3 is 0 Å². The van der Waals surface area contributed by atoms with Gasteiger partial charge in [0.1, 0.15) is 0 Å². The molecule has 0 aliphatic carbocycles. The Hall–Kier alpha value is -2.18. The van der Waals surface area contributed by atoms with Crippen LogP contribution in [0.4, 0.5) is 0 Å². The minimum atomic E-state index is -0.445. The van der Waals surface area contributed by atoms with Gasteiger partial charge < -0.3 is 14.7 Å². The Bertz CT molecular complexity index is 719. The van der Waals surface area contributed by atoms with Crippen molar-refractivity contribution in [2.75, 3.05) is 19.7 Å². The molecule has 1 amide bonds. The van der Waals surface area contributed by atoms with E-state index in [2.05, 4.69) is 5.10 Å². The van der Waals surface area contributed by atoms with Crippen molar-refractivity contribution in [1.82, 2.24) is 14.7 Å². The Labute approximate surface area is 147 Å². The van der Waals surface area contributed by atoms with E-state index in [-0.39, 0.29) is 5.91 Å². The van der Waals surface area contributed by atoms with E-state index in [4.69, 9.17) is 4.74 Å². The van der Waals surface area contributed by atoms with Gasteiger partial charge in [0.15, 0.2) is 0 Å². The normalized spacial score (nSPS) is 22.9. The summed E-state index contributed by atoms with van der Waals surface area (Å²) in [6, 6.07) is 9.36. The first-order chi connectivity index (χ1) is 12.2. The number of aliphatic hydroxyl groups is 1. The lowest BCUT2D eigenvalue weighted by Gasteiger charge is -2.46. The van der Waals surface area contributed by atoms with Crippen LogP contribution < -0.4 is 0 Å². The van der Waals surface area contributed by atoms with E-state index in [0.717, 1.165) is 18.5 Å². The molecule has 2 aromatic rings. The lowest BCUT2D eigenvalue weighted by Crippen LogP contribution is -2.56. The number of aliphatic hydroxyl groups excluding tert-OH is 1. The summed E-state index contributed by atoms with van der Waals surface area (Å²) >= 11 is 0. The second kappa shape index (κ2) is 6.61. The zero-order valence-electron chi connectivity index (χ0n) is 14.2. The summed E-state index contributed by atoms with van der Waals surface area (Å²) in [6.07, 6.45) is 6.29. The molecule has 6 nitrogen and oxygen atoms in total. The number of amides is 1. The average molecular weight is 341 g/mol. The van der Waals surface area contributed by atoms with Gasteiger partial charge in [0.25, 0.3) is 5.91 Å². The first kappa shape index (κ1) is 16.3. The van der Waals surface area contributed by atoms with Gasteiger partial charge in [-0.3, -0.25) is 4.79 Å². The molecule has 6 heteroatoms. The maximum Gasteiger partial charge on any atom is 0.253 e. The molecule has 1 spiro atoms. The van der Waals surface area contributed by atoms with Crippen LogP contribution in [-0.2, 0) is 4.74 Å². The number of carbonyl (C=O) groups excluding carboxylic acids is 1. The Morgan fingerprint density at radius 3 is 2.64 bits per heavy atom. The summed E-state index contributed by atoms with van der Waals surface area (Å²) in [7, 11) is 0. The zero-order valence-corrected chi connectivity index (χ0v) is 14.2. The topological polar surface area (TPSA) is 67.6 Å². The summed E-state index contributed by atoms with van der Waals surface area (Å²) < 4.78 is 7.68. The molecular weight excluding hydrogens is 318 g/mol. The third-order valence-electron chi connectivity index (χ3n) is 5.40. The van der Waals surface area contributed by atoms with Gasteiger partial charge in [-0.2, -0.15) is 5.10 Å². The third kappa shape index (κ3) is 3.07. The summed E-state index contributed by atoms with van der Waals surface area (Å²) in [5, 5.41) is 14.5. The molecule has 1 N–H and O–H groups in total. The Balaban J connectivity index is 1.42. The molecule has 2 aliphatic rings. The van der Waals surface area contributed by atoms with Crippen LogP contribution in [0.2, 0.25) is 0 Å². The van der Waals surface area contributed by atoms with E-state index in [0.29, 0.717) is 38.1 Å². The van der Waals surface area contributed by atoms with Gasteiger partial charge in [-0.15, -0.1) is 0 Å². The van der Waals surface area contributed by atoms with E-state index in [1.54, 1.807) is 10.9 Å². The van der Waals surface area contributed by atoms with E-state index in [9.17, 15) is 9.90 Å². The highest BCUT2D eigenvalue weighted by Gasteiger charge is 2.44. The quantitative estimate of drug-likeness (QED) is 0.907. The SMILES string of the molecule is O=C(c1ccc(-n2cccn2)cc1)N1CCC2(CC1)OCCC[C@H]2O. The molecule has 0 unspecified atom stereocenters. The first-order valence-electron chi connectivity index (χ1n) is 8.89. The number of piperidine rings is 1. The number of benzene rings is 1. The number of carbonyl (C=O) groups is 1. The Kier molecular flexibility index (Phi) is 4.31. The van der Waals surface area contributed by atoms with Crippen LogP contribution in [-0.4, -0.2) is 57.1 Å². The fraction of sp³-hybridized carbons (Fsp3) is 0.474. The minimum absolute atomic E-state index is 0.0344. The molecule has 132 valence electrons. The molecule has 2 saturated heterocycles. The standard InChI is InChI=1S/C19H23N3O3/c23-17-3-1-14-25-19(17)8-12-21(13-9-19)18(24)15-4-6-16(7-5-15)22-11-2-10-20-22/h2,4-7,10-11,17,23H,1,3,8-9,12-14H2/t17-/m1/s1. The van der Waals surface area contributed by atoms with Crippen LogP contribution in [0.1, 0.15) is 36.0 Å². The van der Waals surface area contributed by atoms with Crippen molar-refractivity contribution >= 4 is 5.91 Å². The average Bonchev–Trinajstić information content (AvgIpc) is 3.19. The van der Waals surface area contributed by atoms with Gasteiger partial charge in [-0.05, 0) is 56.0 Å². The number of hydrogen-bond donors (Lipinski definition) is 1. The monoisotopic (exact) mass is 341 g/mol. The molecule has 25 heavy (non-hydrogen) atoms. The number of rotatable bonds is 2. The second-order valence-corrected chi connectivity index (χ2v) is 6.86. The summed E-state index contributed by atoms with van der Waals surface area (Å²) in [6.45, 7) is 1.95. The largest absolute Gasteiger partial charge is 0.390 e. The van der Waals surface area contributed by atoms with Crippen molar-refractivity contribution in [2.45, 2.75) is 37.4 Å². The fourth-order valence-electron chi connectivity index (χ4n) is 3.84. The van der Waals surface area contributed by atoms with Crippen LogP contribution >= 0.6 is 0 Å². The maximum absolute atomic E-state index is 12.8. The number of ether oxygens (including phenoxy) is 1. The van der Waals surface area contributed by atoms with Crippen molar-refractivity contribution in [2.24, 2.45) is 0 Å². The maximum atomic E-state index is 12.8. The van der Waals surface area contributed by atoms with Crippen LogP contribution in [0.15, 0.2) is 42.7 Å². The van der Waals surface area contributed by atoms with Crippen molar-refractivity contribution in [1.29, 1.82) is 0 Å². The molecule has 2 fully saturated rings. The summed E-state index contributed by atoms with van der Waals surface area (Å²) in [4.78, 5) is 14.6. The molecule has 0 bridgehead atoms. The first-order valence-corrected chi connectivity index (χ1v) is 8.89. The molecular formula is C19H23N3O3. The van der Waals surface area contributed by atoms with Gasteiger partial charge in [0.2, 0.25) is 0 Å². The molecule has 1 aromatic carbocycles. The van der Waals surface area contributed by atoms with Crippen LogP contribution in [0.5, 0.6) is 0 Å². The van der Waals surface area contributed by atoms with E-state index in [1.807, 2.05) is 41.4 Å². The highest BCUT2D eigenvalue weighted by Crippen LogP contribution is 2.35. The highest BCUT2D eigenvalue weighted by atomic mass is 16.5. The number of hydrogen-bond acceptors (Lipinski definition) is 4. The molecule has 2 aliphatic heterocycles. The zero-order chi connectivity index (χ0) is 17.3. The number of nitrogens with zero attached hydrogens (tertiary/aromatic N) is 3. The number of likely N-dealkylation sites (tertiary alicyclic amines) is 1. The van der Waals surface area contributed by atoms with Crippen molar-refractivity contribution in [3.63, 3.8) is 0 Å². The predicted octanol–water partition coefficient (Wildman–Crippen LogP) is 2.02. The van der Waals surface area contributed by atoms with E-state index < -0.39 is 11.7 Å². The lowest BCUT2D eigenvalue weighted by molar-refractivity contribution is -0.174. The fourth-order valence-corrected chi connectivity index (χ4v) is 3.84. The van der Waals surface area contributed by atoms with Crippen molar-refractivity contribution in [3.8, 4) is 5.69 Å². The Morgan fingerprint density at radius 2 is 2.00 bits per heavy atom. The summed E-state index contributed by atoms with van der Waals surface area (Å²) in [5.41, 5.74) is 1.16. The summed E-state index contributed by atoms with van der Waals surface area (Å²) in [5.74, 6) is 0.0344. The minimum Gasteiger partial charge on any atom is -0.390 e. The van der Waals surface area contributed by atoms with Gasteiger partial charge in [0.05, 0.1) is 17.4 Å². The van der Waals surface area contributed by atoms with Crippen molar-refractivity contribution in [3.05, 3.63) is 48.3 Å². The molecule has 3 heterocycles. The molecule has 0 saturated carbocycles. The van der Waals surface area contributed by atoms with Gasteiger partial charge in [-0.1, -0.05) is 0 Å². The van der Waals surface area contributed by atoms with E-state index >= 15 is 0 Å². The third-order valence-corrected chi connectivity index (χ3v) is 5.40. The second-order valence-electron chi connectivity index (χ2n) is 6.86. The molecule has 4 rings (SSSR count). The van der Waals surface area contributed by atoms with Gasteiger partial charge in [0, 0.05) is 37.7 Å². The molecule has 0 radical (unpaired) electrons. The smallest absolute Gasteiger partial charge is 0.253 e. The van der Waals surface area contributed by atoms with Gasteiger partial charge in [-0.25, -0.2) is 4.68 Å².